The Bertz CT molecular complexity index is 256. The molecule has 112 valence electrons. The van der Waals surface area contributed by atoms with Crippen LogP contribution in [0.2, 0.25) is 0 Å². The molecule has 2 aliphatic rings. The molecule has 0 aliphatic heterocycles. The summed E-state index contributed by atoms with van der Waals surface area (Å²) < 4.78 is 0. The maximum Gasteiger partial charge on any atom is 0.0327 e. The summed E-state index contributed by atoms with van der Waals surface area (Å²) in [7, 11) is 4.57. The topological polar surface area (TPSA) is 15.3 Å². The van der Waals surface area contributed by atoms with E-state index in [-0.39, 0.29) is 0 Å². The van der Waals surface area contributed by atoms with Crippen LogP contribution >= 0.6 is 0 Å². The highest BCUT2D eigenvalue weighted by atomic mass is 15.2. The molecule has 0 bridgehead atoms. The van der Waals surface area contributed by atoms with Crippen LogP contribution in [0.3, 0.4) is 0 Å². The molecule has 1 N–H and O–H groups in total. The average molecular weight is 266 g/mol. The Morgan fingerprint density at radius 1 is 1.00 bits per heavy atom. The van der Waals surface area contributed by atoms with Gasteiger partial charge in [0, 0.05) is 18.1 Å². The first-order chi connectivity index (χ1) is 9.18. The molecular formula is C17H34N2. The molecule has 2 rings (SSSR count). The van der Waals surface area contributed by atoms with Crippen molar-refractivity contribution in [3.05, 3.63) is 0 Å². The van der Waals surface area contributed by atoms with Crippen molar-refractivity contribution < 1.29 is 0 Å². The standard InChI is InChI=1S/C17H34N2/c1-4-15-10-6-7-11-16(15)18-14-17(19(2)3)12-8-5-9-13-17/h15-16,18H,4-14H2,1-3H3. The molecule has 0 heterocycles. The molecule has 0 aromatic heterocycles. The first kappa shape index (κ1) is 15.3. The Morgan fingerprint density at radius 3 is 2.32 bits per heavy atom. The van der Waals surface area contributed by atoms with Crippen LogP contribution in [0.4, 0.5) is 0 Å². The molecule has 0 spiro atoms. The van der Waals surface area contributed by atoms with Gasteiger partial charge in [0.1, 0.15) is 0 Å². The van der Waals surface area contributed by atoms with Crippen LogP contribution in [-0.2, 0) is 0 Å². The third kappa shape index (κ3) is 3.72. The van der Waals surface area contributed by atoms with E-state index < -0.39 is 0 Å². The fourth-order valence-corrected chi connectivity index (χ4v) is 4.28. The van der Waals surface area contributed by atoms with Crippen molar-refractivity contribution in [1.29, 1.82) is 0 Å². The Balaban J connectivity index is 1.90. The average Bonchev–Trinajstić information content (AvgIpc) is 2.46. The SMILES string of the molecule is CCC1CCCCC1NCC1(N(C)C)CCCCC1. The molecule has 19 heavy (non-hydrogen) atoms. The highest BCUT2D eigenvalue weighted by Gasteiger charge is 2.35. The summed E-state index contributed by atoms with van der Waals surface area (Å²) in [5, 5.41) is 3.97. The van der Waals surface area contributed by atoms with Gasteiger partial charge in [-0.05, 0) is 45.7 Å². The first-order valence-corrected chi connectivity index (χ1v) is 8.59. The number of likely N-dealkylation sites (N-methyl/N-ethyl adjacent to an activating group) is 1. The number of hydrogen-bond donors (Lipinski definition) is 1. The summed E-state index contributed by atoms with van der Waals surface area (Å²) in [6, 6.07) is 0.789. The Kier molecular flexibility index (Phi) is 5.70. The van der Waals surface area contributed by atoms with E-state index >= 15 is 0 Å². The van der Waals surface area contributed by atoms with Gasteiger partial charge in [0.2, 0.25) is 0 Å². The largest absolute Gasteiger partial charge is 0.312 e. The lowest BCUT2D eigenvalue weighted by Crippen LogP contribution is -2.55. The predicted molar refractivity (Wildman–Crippen MR) is 83.5 cm³/mol. The summed E-state index contributed by atoms with van der Waals surface area (Å²) in [4.78, 5) is 2.50. The van der Waals surface area contributed by atoms with Gasteiger partial charge in [-0.15, -0.1) is 0 Å². The van der Waals surface area contributed by atoms with E-state index in [1.54, 1.807) is 0 Å². The molecule has 2 atom stereocenters. The lowest BCUT2D eigenvalue weighted by atomic mass is 9.79. The van der Waals surface area contributed by atoms with Gasteiger partial charge >= 0.3 is 0 Å². The molecule has 0 saturated heterocycles. The molecule has 2 aliphatic carbocycles. The van der Waals surface area contributed by atoms with Crippen LogP contribution in [0.25, 0.3) is 0 Å². The third-order valence-corrected chi connectivity index (χ3v) is 5.86. The van der Waals surface area contributed by atoms with Gasteiger partial charge in [-0.3, -0.25) is 0 Å². The predicted octanol–water partition coefficient (Wildman–Crippen LogP) is 3.81. The quantitative estimate of drug-likeness (QED) is 0.814. The maximum atomic E-state index is 3.97. The van der Waals surface area contributed by atoms with Gasteiger partial charge in [-0.2, -0.15) is 0 Å². The lowest BCUT2D eigenvalue weighted by molar-refractivity contribution is 0.0880. The molecule has 0 aromatic carbocycles. The molecular weight excluding hydrogens is 232 g/mol. The normalized spacial score (nSPS) is 31.6. The smallest absolute Gasteiger partial charge is 0.0327 e. The van der Waals surface area contributed by atoms with Crippen LogP contribution in [0.1, 0.15) is 71.1 Å². The van der Waals surface area contributed by atoms with Crippen molar-refractivity contribution in [3.8, 4) is 0 Å². The van der Waals surface area contributed by atoms with E-state index in [4.69, 9.17) is 0 Å². The van der Waals surface area contributed by atoms with Crippen molar-refractivity contribution in [2.45, 2.75) is 82.7 Å². The maximum absolute atomic E-state index is 3.97. The second-order valence-corrected chi connectivity index (χ2v) is 7.12. The van der Waals surface area contributed by atoms with Gasteiger partial charge in [-0.1, -0.05) is 45.4 Å². The summed E-state index contributed by atoms with van der Waals surface area (Å²) in [5.41, 5.74) is 0.438. The second kappa shape index (κ2) is 7.08. The Labute approximate surface area is 120 Å². The fraction of sp³-hybridized carbons (Fsp3) is 1.00. The van der Waals surface area contributed by atoms with E-state index in [1.807, 2.05) is 0 Å². The van der Waals surface area contributed by atoms with Crippen molar-refractivity contribution >= 4 is 0 Å². The van der Waals surface area contributed by atoms with Crippen molar-refractivity contribution in [3.63, 3.8) is 0 Å². The number of hydrogen-bond acceptors (Lipinski definition) is 2. The van der Waals surface area contributed by atoms with E-state index in [9.17, 15) is 0 Å². The fourth-order valence-electron chi connectivity index (χ4n) is 4.28. The summed E-state index contributed by atoms with van der Waals surface area (Å²) in [6.45, 7) is 3.58. The third-order valence-electron chi connectivity index (χ3n) is 5.86. The monoisotopic (exact) mass is 266 g/mol. The molecule has 0 amide bonds. The summed E-state index contributed by atoms with van der Waals surface area (Å²) in [5.74, 6) is 0.927. The van der Waals surface area contributed by atoms with Gasteiger partial charge < -0.3 is 10.2 Å². The minimum atomic E-state index is 0.438. The van der Waals surface area contributed by atoms with Crippen LogP contribution in [0, 0.1) is 5.92 Å². The molecule has 2 unspecified atom stereocenters. The first-order valence-electron chi connectivity index (χ1n) is 8.59. The zero-order chi connectivity index (χ0) is 13.7. The van der Waals surface area contributed by atoms with Crippen molar-refractivity contribution in [2.75, 3.05) is 20.6 Å². The lowest BCUT2D eigenvalue weighted by Gasteiger charge is -2.45. The van der Waals surface area contributed by atoms with Gasteiger partial charge in [0.05, 0.1) is 0 Å². The second-order valence-electron chi connectivity index (χ2n) is 7.12. The molecule has 0 aromatic rings. The molecule has 2 heteroatoms. The highest BCUT2D eigenvalue weighted by Crippen LogP contribution is 2.33. The molecule has 0 radical (unpaired) electrons. The van der Waals surface area contributed by atoms with Crippen LogP contribution in [-0.4, -0.2) is 37.1 Å². The Hall–Kier alpha value is -0.0800. The van der Waals surface area contributed by atoms with E-state index in [2.05, 4.69) is 31.2 Å². The highest BCUT2D eigenvalue weighted by molar-refractivity contribution is 4.94. The minimum absolute atomic E-state index is 0.438. The number of nitrogens with one attached hydrogen (secondary N) is 1. The number of nitrogens with zero attached hydrogens (tertiary/aromatic N) is 1. The van der Waals surface area contributed by atoms with Crippen LogP contribution in [0.15, 0.2) is 0 Å². The van der Waals surface area contributed by atoms with E-state index in [0.717, 1.165) is 12.0 Å². The summed E-state index contributed by atoms with van der Waals surface area (Å²) >= 11 is 0. The van der Waals surface area contributed by atoms with Crippen LogP contribution in [0.5, 0.6) is 0 Å². The number of rotatable bonds is 5. The zero-order valence-electron chi connectivity index (χ0n) is 13.4. The van der Waals surface area contributed by atoms with E-state index in [1.165, 1.54) is 70.8 Å². The van der Waals surface area contributed by atoms with Crippen LogP contribution < -0.4 is 5.32 Å². The van der Waals surface area contributed by atoms with Crippen molar-refractivity contribution in [2.24, 2.45) is 5.92 Å². The molecule has 2 saturated carbocycles. The van der Waals surface area contributed by atoms with Crippen molar-refractivity contribution in [1.82, 2.24) is 10.2 Å². The zero-order valence-corrected chi connectivity index (χ0v) is 13.4. The van der Waals surface area contributed by atoms with Gasteiger partial charge in [0.25, 0.3) is 0 Å². The minimum Gasteiger partial charge on any atom is -0.312 e. The Morgan fingerprint density at radius 2 is 1.68 bits per heavy atom. The van der Waals surface area contributed by atoms with Gasteiger partial charge in [-0.25, -0.2) is 0 Å². The van der Waals surface area contributed by atoms with Gasteiger partial charge in [0.15, 0.2) is 0 Å². The summed E-state index contributed by atoms with van der Waals surface area (Å²) in [6.07, 6.45) is 14.1. The van der Waals surface area contributed by atoms with E-state index in [0.29, 0.717) is 5.54 Å². The molecule has 2 nitrogen and oxygen atoms in total. The molecule has 2 fully saturated rings.